The maximum atomic E-state index is 13.4. The molecule has 3 heterocycles. The number of halogens is 2. The predicted octanol–water partition coefficient (Wildman–Crippen LogP) is 2.28. The first-order valence-electron chi connectivity index (χ1n) is 9.88. The third-order valence-corrected chi connectivity index (χ3v) is 7.45. The number of fused-ring (bicyclic) bond motifs is 2. The van der Waals surface area contributed by atoms with E-state index in [1.54, 1.807) is 17.0 Å². The SMILES string of the molecule is N#Cc1ccc(N2C3CCC2CN(C(=O)CCS(=O)(=O)c2cc(F)cc(F)c2)C3)nc1. The maximum absolute atomic E-state index is 13.4. The lowest BCUT2D eigenvalue weighted by molar-refractivity contribution is -0.131. The molecule has 1 aromatic heterocycles. The van der Waals surface area contributed by atoms with Gasteiger partial charge in [0.15, 0.2) is 9.84 Å². The summed E-state index contributed by atoms with van der Waals surface area (Å²) >= 11 is 0. The van der Waals surface area contributed by atoms with Gasteiger partial charge in [-0.3, -0.25) is 4.79 Å². The number of carbonyl (C=O) groups is 1. The fourth-order valence-corrected chi connectivity index (χ4v) is 5.55. The Labute approximate surface area is 178 Å². The monoisotopic (exact) mass is 446 g/mol. The van der Waals surface area contributed by atoms with Crippen LogP contribution < -0.4 is 4.90 Å². The first kappa shape index (κ1) is 21.2. The lowest BCUT2D eigenvalue weighted by Gasteiger charge is -2.41. The van der Waals surface area contributed by atoms with Gasteiger partial charge in [-0.1, -0.05) is 0 Å². The van der Waals surface area contributed by atoms with Gasteiger partial charge >= 0.3 is 0 Å². The summed E-state index contributed by atoms with van der Waals surface area (Å²) in [5, 5.41) is 8.93. The van der Waals surface area contributed by atoms with Crippen molar-refractivity contribution in [3.63, 3.8) is 0 Å². The van der Waals surface area contributed by atoms with Gasteiger partial charge in [0.2, 0.25) is 5.91 Å². The van der Waals surface area contributed by atoms with Crippen LogP contribution in [0.2, 0.25) is 0 Å². The summed E-state index contributed by atoms with van der Waals surface area (Å²) in [6.45, 7) is 0.900. The molecule has 0 radical (unpaired) electrons. The lowest BCUT2D eigenvalue weighted by atomic mass is 10.1. The number of sulfone groups is 1. The van der Waals surface area contributed by atoms with Crippen molar-refractivity contribution in [1.82, 2.24) is 9.88 Å². The molecule has 2 aliphatic rings. The smallest absolute Gasteiger partial charge is 0.223 e. The van der Waals surface area contributed by atoms with Gasteiger partial charge < -0.3 is 9.80 Å². The summed E-state index contributed by atoms with van der Waals surface area (Å²) in [5.41, 5.74) is 0.476. The minimum Gasteiger partial charge on any atom is -0.347 e. The van der Waals surface area contributed by atoms with E-state index < -0.39 is 32.1 Å². The fourth-order valence-electron chi connectivity index (χ4n) is 4.29. The van der Waals surface area contributed by atoms with Crippen molar-refractivity contribution in [2.75, 3.05) is 23.7 Å². The fraction of sp³-hybridized carbons (Fsp3) is 0.381. The molecule has 7 nitrogen and oxygen atoms in total. The molecule has 2 atom stereocenters. The normalized spacial score (nSPS) is 20.5. The van der Waals surface area contributed by atoms with Crippen LogP contribution >= 0.6 is 0 Å². The van der Waals surface area contributed by atoms with Gasteiger partial charge in [0.1, 0.15) is 23.5 Å². The first-order valence-corrected chi connectivity index (χ1v) is 11.5. The Morgan fingerprint density at radius 1 is 1.13 bits per heavy atom. The maximum Gasteiger partial charge on any atom is 0.223 e. The summed E-state index contributed by atoms with van der Waals surface area (Å²) in [4.78, 5) is 20.4. The molecule has 0 spiro atoms. The molecule has 2 unspecified atom stereocenters. The predicted molar refractivity (Wildman–Crippen MR) is 108 cm³/mol. The molecule has 10 heteroatoms. The van der Waals surface area contributed by atoms with Crippen LogP contribution in [0.15, 0.2) is 41.4 Å². The van der Waals surface area contributed by atoms with Gasteiger partial charge in [0.05, 0.1) is 16.2 Å². The molecule has 4 rings (SSSR count). The van der Waals surface area contributed by atoms with Crippen molar-refractivity contribution in [1.29, 1.82) is 5.26 Å². The van der Waals surface area contributed by atoms with Gasteiger partial charge in [-0.2, -0.15) is 5.26 Å². The molecule has 31 heavy (non-hydrogen) atoms. The van der Waals surface area contributed by atoms with E-state index >= 15 is 0 Å². The number of nitrogens with zero attached hydrogens (tertiary/aromatic N) is 4. The number of piperazine rings is 1. The van der Waals surface area contributed by atoms with Crippen molar-refractivity contribution in [3.8, 4) is 6.07 Å². The number of anilines is 1. The molecular formula is C21H20F2N4O3S. The number of benzene rings is 1. The minimum atomic E-state index is -3.99. The molecule has 2 bridgehead atoms. The molecule has 1 aromatic carbocycles. The van der Waals surface area contributed by atoms with Gasteiger partial charge in [-0.15, -0.1) is 0 Å². The van der Waals surface area contributed by atoms with Crippen molar-refractivity contribution in [2.24, 2.45) is 0 Å². The molecule has 2 aromatic rings. The van der Waals surface area contributed by atoms with Crippen LogP contribution in [0.5, 0.6) is 0 Å². The van der Waals surface area contributed by atoms with E-state index in [1.165, 1.54) is 6.20 Å². The quantitative estimate of drug-likeness (QED) is 0.700. The molecule has 2 aliphatic heterocycles. The minimum absolute atomic E-state index is 0.0667. The summed E-state index contributed by atoms with van der Waals surface area (Å²) in [6.07, 6.45) is 3.04. The molecule has 2 fully saturated rings. The summed E-state index contributed by atoms with van der Waals surface area (Å²) in [7, 11) is -3.99. The van der Waals surface area contributed by atoms with Crippen molar-refractivity contribution < 1.29 is 22.0 Å². The zero-order valence-electron chi connectivity index (χ0n) is 16.5. The number of aromatic nitrogens is 1. The van der Waals surface area contributed by atoms with Gasteiger partial charge in [-0.05, 0) is 37.1 Å². The molecule has 1 amide bonds. The van der Waals surface area contributed by atoms with E-state index in [-0.39, 0.29) is 24.4 Å². The second-order valence-electron chi connectivity index (χ2n) is 7.78. The van der Waals surface area contributed by atoms with E-state index in [0.717, 1.165) is 30.8 Å². The van der Waals surface area contributed by atoms with E-state index in [1.807, 2.05) is 6.07 Å². The van der Waals surface area contributed by atoms with Crippen LogP contribution in [0.1, 0.15) is 24.8 Å². The number of hydrogen-bond donors (Lipinski definition) is 0. The van der Waals surface area contributed by atoms with E-state index in [9.17, 15) is 22.0 Å². The number of pyridine rings is 1. The van der Waals surface area contributed by atoms with Crippen molar-refractivity contribution in [2.45, 2.75) is 36.2 Å². The van der Waals surface area contributed by atoms with Crippen molar-refractivity contribution in [3.05, 3.63) is 53.7 Å². The number of carbonyl (C=O) groups excluding carboxylic acids is 1. The number of rotatable bonds is 5. The Morgan fingerprint density at radius 3 is 2.32 bits per heavy atom. The molecule has 0 aliphatic carbocycles. The lowest BCUT2D eigenvalue weighted by Crippen LogP contribution is -2.55. The highest BCUT2D eigenvalue weighted by atomic mass is 32.2. The molecule has 0 saturated carbocycles. The standard InChI is InChI=1S/C21H20F2N4O3S/c22-15-7-16(23)9-19(8-15)31(29,30)6-5-21(28)26-12-17-2-3-18(13-26)27(17)20-4-1-14(10-24)11-25-20/h1,4,7-9,11,17-18H,2-3,5-6,12-13H2. The number of likely N-dealkylation sites (tertiary alicyclic amines) is 1. The Bertz CT molecular complexity index is 1110. The second kappa shape index (κ2) is 8.23. The molecule has 2 saturated heterocycles. The number of hydrogen-bond acceptors (Lipinski definition) is 6. The van der Waals surface area contributed by atoms with Crippen LogP contribution in [-0.2, 0) is 14.6 Å². The highest BCUT2D eigenvalue weighted by Gasteiger charge is 2.42. The summed E-state index contributed by atoms with van der Waals surface area (Å²) < 4.78 is 51.5. The van der Waals surface area contributed by atoms with Crippen LogP contribution in [0.25, 0.3) is 0 Å². The van der Waals surface area contributed by atoms with Gasteiger partial charge in [-0.25, -0.2) is 22.2 Å². The van der Waals surface area contributed by atoms with Crippen LogP contribution in [0, 0.1) is 23.0 Å². The van der Waals surface area contributed by atoms with Crippen LogP contribution in [0.4, 0.5) is 14.6 Å². The third-order valence-electron chi connectivity index (χ3n) is 5.76. The van der Waals surface area contributed by atoms with Crippen molar-refractivity contribution >= 4 is 21.6 Å². The number of nitriles is 1. The molecule has 0 N–H and O–H groups in total. The van der Waals surface area contributed by atoms with E-state index in [2.05, 4.69) is 9.88 Å². The highest BCUT2D eigenvalue weighted by molar-refractivity contribution is 7.91. The Kier molecular flexibility index (Phi) is 5.62. The Morgan fingerprint density at radius 2 is 1.77 bits per heavy atom. The van der Waals surface area contributed by atoms with Gasteiger partial charge in [0.25, 0.3) is 0 Å². The Hall–Kier alpha value is -3.06. The average Bonchev–Trinajstić information content (AvgIpc) is 3.00. The summed E-state index contributed by atoms with van der Waals surface area (Å²) in [5.74, 6) is -2.01. The molecular weight excluding hydrogens is 426 g/mol. The highest BCUT2D eigenvalue weighted by Crippen LogP contribution is 2.34. The van der Waals surface area contributed by atoms with E-state index in [0.29, 0.717) is 24.7 Å². The Balaban J connectivity index is 1.40. The zero-order valence-corrected chi connectivity index (χ0v) is 17.4. The van der Waals surface area contributed by atoms with Crippen LogP contribution in [0.3, 0.4) is 0 Å². The zero-order chi connectivity index (χ0) is 22.2. The topological polar surface area (TPSA) is 94.4 Å². The average molecular weight is 446 g/mol. The first-order chi connectivity index (χ1) is 14.8. The largest absolute Gasteiger partial charge is 0.347 e. The number of amides is 1. The third kappa shape index (κ3) is 4.37. The molecule has 162 valence electrons. The second-order valence-corrected chi connectivity index (χ2v) is 9.89. The van der Waals surface area contributed by atoms with Crippen LogP contribution in [-0.4, -0.2) is 55.1 Å². The van der Waals surface area contributed by atoms with E-state index in [4.69, 9.17) is 5.26 Å². The summed E-state index contributed by atoms with van der Waals surface area (Å²) in [6, 6.07) is 7.79. The van der Waals surface area contributed by atoms with Gasteiger partial charge in [0, 0.05) is 43.9 Å².